The zero-order chi connectivity index (χ0) is 22.0. The topological polar surface area (TPSA) is 61.8 Å². The Bertz CT molecular complexity index is 1200. The number of esters is 1. The highest BCUT2D eigenvalue weighted by atomic mass is 35.5. The van der Waals surface area contributed by atoms with E-state index in [1.54, 1.807) is 56.5 Å². The molecule has 0 amide bonds. The Morgan fingerprint density at radius 3 is 2.52 bits per heavy atom. The molecule has 0 atom stereocenters. The van der Waals surface area contributed by atoms with Gasteiger partial charge in [0.15, 0.2) is 5.76 Å². The minimum Gasteiger partial charge on any atom is -0.496 e. The van der Waals surface area contributed by atoms with E-state index in [0.717, 1.165) is 11.1 Å². The van der Waals surface area contributed by atoms with E-state index < -0.39 is 5.97 Å². The molecule has 1 heterocycles. The molecule has 0 aromatic heterocycles. The van der Waals surface area contributed by atoms with Gasteiger partial charge in [-0.25, -0.2) is 0 Å². The summed E-state index contributed by atoms with van der Waals surface area (Å²) in [7, 11) is 1.57. The number of benzene rings is 3. The second-order valence-corrected chi connectivity index (χ2v) is 7.46. The van der Waals surface area contributed by atoms with Gasteiger partial charge in [-0.15, -0.1) is 0 Å². The zero-order valence-corrected chi connectivity index (χ0v) is 17.7. The number of halogens is 1. The summed E-state index contributed by atoms with van der Waals surface area (Å²) in [5, 5.41) is 0.602. The molecule has 0 N–H and O–H groups in total. The van der Waals surface area contributed by atoms with Gasteiger partial charge < -0.3 is 14.2 Å². The molecule has 31 heavy (non-hydrogen) atoms. The number of hydrogen-bond donors (Lipinski definition) is 0. The van der Waals surface area contributed by atoms with Crippen molar-refractivity contribution < 1.29 is 23.8 Å². The Morgan fingerprint density at radius 1 is 1.03 bits per heavy atom. The van der Waals surface area contributed by atoms with Crippen molar-refractivity contribution in [2.24, 2.45) is 0 Å². The number of ether oxygens (including phenoxy) is 3. The highest BCUT2D eigenvalue weighted by Gasteiger charge is 2.30. The molecule has 0 spiro atoms. The van der Waals surface area contributed by atoms with Crippen LogP contribution in [0, 0.1) is 6.92 Å². The third kappa shape index (κ3) is 4.32. The van der Waals surface area contributed by atoms with E-state index in [4.69, 9.17) is 25.8 Å². The van der Waals surface area contributed by atoms with Crippen LogP contribution in [0.4, 0.5) is 0 Å². The van der Waals surface area contributed by atoms with Crippen LogP contribution in [0.1, 0.15) is 27.0 Å². The fraction of sp³-hybridized carbons (Fsp3) is 0.120. The van der Waals surface area contributed by atoms with Crippen molar-refractivity contribution in [1.29, 1.82) is 0 Å². The number of para-hydroxylation sites is 1. The predicted octanol–water partition coefficient (Wildman–Crippen LogP) is 5.42. The third-order valence-corrected chi connectivity index (χ3v) is 5.20. The number of Topliss-reactive ketones (excluding diaryl/α,β-unsaturated/α-hetero) is 1. The molecule has 1 aliphatic rings. The fourth-order valence-corrected chi connectivity index (χ4v) is 3.46. The minimum absolute atomic E-state index is 0.104. The van der Waals surface area contributed by atoms with Crippen LogP contribution < -0.4 is 14.2 Å². The summed E-state index contributed by atoms with van der Waals surface area (Å²) in [4.78, 5) is 25.2. The predicted molar refractivity (Wildman–Crippen MR) is 118 cm³/mol. The molecule has 0 radical (unpaired) electrons. The highest BCUT2D eigenvalue weighted by molar-refractivity contribution is 6.30. The van der Waals surface area contributed by atoms with Crippen LogP contribution in [-0.4, -0.2) is 18.9 Å². The lowest BCUT2D eigenvalue weighted by atomic mass is 10.1. The van der Waals surface area contributed by atoms with Crippen LogP contribution in [0.2, 0.25) is 5.02 Å². The van der Waals surface area contributed by atoms with Gasteiger partial charge in [0.2, 0.25) is 5.78 Å². The molecule has 0 saturated carbocycles. The quantitative estimate of drug-likeness (QED) is 0.305. The first-order chi connectivity index (χ1) is 15.0. The Morgan fingerprint density at radius 2 is 1.77 bits per heavy atom. The molecule has 0 saturated heterocycles. The van der Waals surface area contributed by atoms with Crippen LogP contribution in [0.15, 0.2) is 66.4 Å². The Hall–Kier alpha value is -3.57. The minimum atomic E-state index is -0.417. The Labute approximate surface area is 184 Å². The SMILES string of the molecule is COc1ccccc1/C=C1\Oc2c(ccc(OC(=O)Cc3ccc(Cl)cc3)c2C)C1=O. The molecule has 5 nitrogen and oxygen atoms in total. The van der Waals surface area contributed by atoms with Gasteiger partial charge in [-0.2, -0.15) is 0 Å². The second-order valence-electron chi connectivity index (χ2n) is 7.02. The van der Waals surface area contributed by atoms with Gasteiger partial charge in [0.1, 0.15) is 17.2 Å². The lowest BCUT2D eigenvalue weighted by Gasteiger charge is -2.10. The fourth-order valence-electron chi connectivity index (χ4n) is 3.33. The summed E-state index contributed by atoms with van der Waals surface area (Å²) in [5.74, 6) is 0.915. The monoisotopic (exact) mass is 434 g/mol. The summed E-state index contributed by atoms with van der Waals surface area (Å²) in [6.45, 7) is 1.75. The summed E-state index contributed by atoms with van der Waals surface area (Å²) < 4.78 is 16.7. The second kappa shape index (κ2) is 8.66. The average Bonchev–Trinajstić information content (AvgIpc) is 3.08. The van der Waals surface area contributed by atoms with Crippen molar-refractivity contribution in [3.8, 4) is 17.2 Å². The number of carbonyl (C=O) groups excluding carboxylic acids is 2. The van der Waals surface area contributed by atoms with E-state index in [0.29, 0.717) is 33.4 Å². The normalized spacial score (nSPS) is 13.6. The molecule has 6 heteroatoms. The largest absolute Gasteiger partial charge is 0.496 e. The van der Waals surface area contributed by atoms with Crippen LogP contribution in [0.5, 0.6) is 17.2 Å². The van der Waals surface area contributed by atoms with E-state index >= 15 is 0 Å². The van der Waals surface area contributed by atoms with E-state index in [1.165, 1.54) is 0 Å². The van der Waals surface area contributed by atoms with Gasteiger partial charge in [0.25, 0.3) is 0 Å². The van der Waals surface area contributed by atoms with Crippen LogP contribution in [0.3, 0.4) is 0 Å². The van der Waals surface area contributed by atoms with Crippen molar-refractivity contribution in [1.82, 2.24) is 0 Å². The molecule has 0 bridgehead atoms. The molecule has 4 rings (SSSR count). The smallest absolute Gasteiger partial charge is 0.315 e. The van der Waals surface area contributed by atoms with E-state index in [1.807, 2.05) is 24.3 Å². The van der Waals surface area contributed by atoms with Gasteiger partial charge in [-0.3, -0.25) is 9.59 Å². The van der Waals surface area contributed by atoms with Gasteiger partial charge in [0, 0.05) is 16.1 Å². The first-order valence-corrected chi connectivity index (χ1v) is 10.00. The van der Waals surface area contributed by atoms with Crippen molar-refractivity contribution in [2.75, 3.05) is 7.11 Å². The molecule has 0 unspecified atom stereocenters. The molecule has 1 aliphatic heterocycles. The molecular weight excluding hydrogens is 416 g/mol. The van der Waals surface area contributed by atoms with E-state index in [2.05, 4.69) is 0 Å². The number of carbonyl (C=O) groups is 2. The molecule has 156 valence electrons. The molecule has 3 aromatic rings. The number of hydrogen-bond acceptors (Lipinski definition) is 5. The van der Waals surface area contributed by atoms with Crippen LogP contribution in [0.25, 0.3) is 6.08 Å². The standard InChI is InChI=1S/C25H19ClO5/c1-15-20(30-23(27)13-16-7-9-18(26)10-8-16)12-11-19-24(28)22(31-25(15)19)14-17-5-3-4-6-21(17)29-2/h3-12,14H,13H2,1-2H3/b22-14-. The first-order valence-electron chi connectivity index (χ1n) is 9.62. The maximum Gasteiger partial charge on any atom is 0.315 e. The van der Waals surface area contributed by atoms with Crippen LogP contribution >= 0.6 is 11.6 Å². The van der Waals surface area contributed by atoms with Gasteiger partial charge in [-0.05, 0) is 48.9 Å². The highest BCUT2D eigenvalue weighted by Crippen LogP contribution is 2.39. The third-order valence-electron chi connectivity index (χ3n) is 4.95. The molecule has 0 aliphatic carbocycles. The number of rotatable bonds is 5. The molecule has 3 aromatic carbocycles. The lowest BCUT2D eigenvalue weighted by Crippen LogP contribution is -2.12. The number of methoxy groups -OCH3 is 1. The Kier molecular flexibility index (Phi) is 5.78. The summed E-state index contributed by atoms with van der Waals surface area (Å²) in [6, 6.07) is 17.6. The number of fused-ring (bicyclic) bond motifs is 1. The number of ketones is 1. The summed E-state index contributed by atoms with van der Waals surface area (Å²) in [6.07, 6.45) is 1.75. The van der Waals surface area contributed by atoms with Crippen molar-refractivity contribution in [3.05, 3.63) is 93.7 Å². The maximum absolute atomic E-state index is 12.8. The van der Waals surface area contributed by atoms with Crippen LogP contribution in [-0.2, 0) is 11.2 Å². The van der Waals surface area contributed by atoms with E-state index in [-0.39, 0.29) is 18.0 Å². The zero-order valence-electron chi connectivity index (χ0n) is 17.0. The van der Waals surface area contributed by atoms with Crippen molar-refractivity contribution in [2.45, 2.75) is 13.3 Å². The van der Waals surface area contributed by atoms with E-state index in [9.17, 15) is 9.59 Å². The van der Waals surface area contributed by atoms with Crippen molar-refractivity contribution in [3.63, 3.8) is 0 Å². The molecule has 0 fully saturated rings. The maximum atomic E-state index is 12.8. The Balaban J connectivity index is 1.55. The summed E-state index contributed by atoms with van der Waals surface area (Å²) in [5.41, 5.74) is 2.53. The first kappa shape index (κ1) is 20.7. The number of allylic oxidation sites excluding steroid dienone is 1. The van der Waals surface area contributed by atoms with Gasteiger partial charge in [-0.1, -0.05) is 41.9 Å². The van der Waals surface area contributed by atoms with Gasteiger partial charge >= 0.3 is 5.97 Å². The van der Waals surface area contributed by atoms with Crippen molar-refractivity contribution >= 4 is 29.4 Å². The lowest BCUT2D eigenvalue weighted by molar-refractivity contribution is -0.133. The van der Waals surface area contributed by atoms with Gasteiger partial charge in [0.05, 0.1) is 19.1 Å². The summed E-state index contributed by atoms with van der Waals surface area (Å²) >= 11 is 5.88. The average molecular weight is 435 g/mol. The molecular formula is C25H19ClO5.